The third-order valence-electron chi connectivity index (χ3n) is 4.97. The van der Waals surface area contributed by atoms with Gasteiger partial charge in [0.1, 0.15) is 5.75 Å². The van der Waals surface area contributed by atoms with Crippen molar-refractivity contribution in [3.05, 3.63) is 90.0 Å². The zero-order chi connectivity index (χ0) is 25.5. The standard InChI is InChI=1S/C25H20F3N5O2S/c1-35-21-13-11-20(12-14-21)33-23(18-5-3-2-4-6-18)31-32-24(33)36-16-22(34)30-29-15-17-7-9-19(10-8-17)25(26,27)28/h2-15H,16H2,1H3,(H,30,34). The van der Waals surface area contributed by atoms with Crippen LogP contribution in [0.5, 0.6) is 5.75 Å². The van der Waals surface area contributed by atoms with Gasteiger partial charge in [0.05, 0.1) is 24.6 Å². The second-order valence-corrected chi connectivity index (χ2v) is 8.35. The summed E-state index contributed by atoms with van der Waals surface area (Å²) >= 11 is 1.17. The number of nitrogens with one attached hydrogen (secondary N) is 1. The van der Waals surface area contributed by atoms with Crippen molar-refractivity contribution in [2.24, 2.45) is 5.10 Å². The van der Waals surface area contributed by atoms with Crippen LogP contribution in [0, 0.1) is 0 Å². The highest BCUT2D eigenvalue weighted by Gasteiger charge is 2.29. The predicted octanol–water partition coefficient (Wildman–Crippen LogP) is 5.20. The maximum atomic E-state index is 12.7. The summed E-state index contributed by atoms with van der Waals surface area (Å²) in [4.78, 5) is 12.3. The van der Waals surface area contributed by atoms with E-state index in [1.54, 1.807) is 7.11 Å². The summed E-state index contributed by atoms with van der Waals surface area (Å²) in [6, 6.07) is 21.4. The largest absolute Gasteiger partial charge is 0.497 e. The number of rotatable bonds is 8. The van der Waals surface area contributed by atoms with Crippen molar-refractivity contribution < 1.29 is 22.7 Å². The minimum atomic E-state index is -4.41. The number of aromatic nitrogens is 3. The minimum Gasteiger partial charge on any atom is -0.497 e. The van der Waals surface area contributed by atoms with Crippen LogP contribution in [-0.2, 0) is 11.0 Å². The number of benzene rings is 3. The minimum absolute atomic E-state index is 0.00652. The number of halogens is 3. The molecule has 0 aliphatic carbocycles. The highest BCUT2D eigenvalue weighted by atomic mass is 32.2. The first kappa shape index (κ1) is 25.0. The Morgan fingerprint density at radius 2 is 1.72 bits per heavy atom. The molecule has 1 heterocycles. The zero-order valence-electron chi connectivity index (χ0n) is 18.9. The number of hydrazone groups is 1. The summed E-state index contributed by atoms with van der Waals surface area (Å²) in [6.45, 7) is 0. The van der Waals surface area contributed by atoms with Gasteiger partial charge in [-0.3, -0.25) is 9.36 Å². The molecule has 11 heteroatoms. The Balaban J connectivity index is 1.45. The number of hydrogen-bond donors (Lipinski definition) is 1. The van der Waals surface area contributed by atoms with E-state index in [2.05, 4.69) is 20.7 Å². The van der Waals surface area contributed by atoms with Crippen LogP contribution in [0.1, 0.15) is 11.1 Å². The van der Waals surface area contributed by atoms with Crippen molar-refractivity contribution in [2.45, 2.75) is 11.3 Å². The van der Waals surface area contributed by atoms with Gasteiger partial charge in [-0.05, 0) is 42.0 Å². The summed E-state index contributed by atoms with van der Waals surface area (Å²) in [6.07, 6.45) is -3.13. The average molecular weight is 512 g/mol. The van der Waals surface area contributed by atoms with Gasteiger partial charge in [0, 0.05) is 11.3 Å². The number of carbonyl (C=O) groups is 1. The number of hydrogen-bond acceptors (Lipinski definition) is 6. The van der Waals surface area contributed by atoms with Gasteiger partial charge in [0.25, 0.3) is 5.91 Å². The number of thioether (sulfide) groups is 1. The Bertz CT molecular complexity index is 1340. The average Bonchev–Trinajstić information content (AvgIpc) is 3.32. The molecule has 0 aliphatic rings. The molecule has 0 radical (unpaired) electrons. The highest BCUT2D eigenvalue weighted by Crippen LogP contribution is 2.30. The molecule has 0 spiro atoms. The van der Waals surface area contributed by atoms with E-state index in [-0.39, 0.29) is 5.75 Å². The van der Waals surface area contributed by atoms with Gasteiger partial charge in [-0.2, -0.15) is 18.3 Å². The maximum absolute atomic E-state index is 12.7. The normalized spacial score (nSPS) is 11.6. The molecular weight excluding hydrogens is 491 g/mol. The number of alkyl halides is 3. The fourth-order valence-electron chi connectivity index (χ4n) is 3.20. The van der Waals surface area contributed by atoms with Crippen molar-refractivity contribution in [2.75, 3.05) is 12.9 Å². The van der Waals surface area contributed by atoms with Gasteiger partial charge in [0.2, 0.25) is 0 Å². The van der Waals surface area contributed by atoms with Gasteiger partial charge >= 0.3 is 6.18 Å². The van der Waals surface area contributed by atoms with Gasteiger partial charge in [0.15, 0.2) is 11.0 Å². The van der Waals surface area contributed by atoms with Crippen LogP contribution in [0.25, 0.3) is 17.1 Å². The van der Waals surface area contributed by atoms with E-state index in [4.69, 9.17) is 4.74 Å². The molecule has 1 aromatic heterocycles. The molecule has 0 aliphatic heterocycles. The van der Waals surface area contributed by atoms with E-state index in [0.29, 0.717) is 22.3 Å². The van der Waals surface area contributed by atoms with Crippen molar-refractivity contribution >= 4 is 23.9 Å². The van der Waals surface area contributed by atoms with Crippen LogP contribution in [-0.4, -0.2) is 39.7 Å². The van der Waals surface area contributed by atoms with Gasteiger partial charge in [-0.25, -0.2) is 5.43 Å². The quantitative estimate of drug-likeness (QED) is 0.200. The number of methoxy groups -OCH3 is 1. The lowest BCUT2D eigenvalue weighted by Crippen LogP contribution is -2.20. The number of carbonyl (C=O) groups excluding carboxylic acids is 1. The van der Waals surface area contributed by atoms with Crippen LogP contribution in [0.15, 0.2) is 89.1 Å². The van der Waals surface area contributed by atoms with E-state index >= 15 is 0 Å². The van der Waals surface area contributed by atoms with E-state index in [1.807, 2.05) is 59.2 Å². The zero-order valence-corrected chi connectivity index (χ0v) is 19.8. The molecule has 0 atom stereocenters. The molecule has 4 rings (SSSR count). The fraction of sp³-hybridized carbons (Fsp3) is 0.120. The Hall–Kier alpha value is -4.12. The molecule has 1 N–H and O–H groups in total. The monoisotopic (exact) mass is 511 g/mol. The topological polar surface area (TPSA) is 81.4 Å². The van der Waals surface area contributed by atoms with Crippen LogP contribution in [0.4, 0.5) is 13.2 Å². The summed E-state index contributed by atoms with van der Waals surface area (Å²) in [7, 11) is 1.59. The highest BCUT2D eigenvalue weighted by molar-refractivity contribution is 7.99. The number of ether oxygens (including phenoxy) is 1. The smallest absolute Gasteiger partial charge is 0.416 e. The third kappa shape index (κ3) is 6.11. The molecule has 36 heavy (non-hydrogen) atoms. The fourth-order valence-corrected chi connectivity index (χ4v) is 3.95. The van der Waals surface area contributed by atoms with E-state index in [1.165, 1.54) is 30.1 Å². The Kier molecular flexibility index (Phi) is 7.69. The summed E-state index contributed by atoms with van der Waals surface area (Å²) in [5.41, 5.74) is 3.69. The molecule has 184 valence electrons. The SMILES string of the molecule is COc1ccc(-n2c(SCC(=O)NN=Cc3ccc(C(F)(F)F)cc3)nnc2-c2ccccc2)cc1. The number of nitrogens with zero attached hydrogens (tertiary/aromatic N) is 4. The number of amides is 1. The van der Waals surface area contributed by atoms with Crippen LogP contribution in [0.3, 0.4) is 0 Å². The van der Waals surface area contributed by atoms with E-state index < -0.39 is 17.6 Å². The molecular formula is C25H20F3N5O2S. The lowest BCUT2D eigenvalue weighted by atomic mass is 10.1. The summed E-state index contributed by atoms with van der Waals surface area (Å²) in [5, 5.41) is 12.9. The van der Waals surface area contributed by atoms with E-state index in [0.717, 1.165) is 23.4 Å². The molecule has 0 saturated carbocycles. The first-order valence-corrected chi connectivity index (χ1v) is 11.6. The van der Waals surface area contributed by atoms with Crippen molar-refractivity contribution in [1.29, 1.82) is 0 Å². The Labute approximate surface area is 209 Å². The Morgan fingerprint density at radius 3 is 2.36 bits per heavy atom. The second kappa shape index (κ2) is 11.1. The predicted molar refractivity (Wildman–Crippen MR) is 131 cm³/mol. The van der Waals surface area contributed by atoms with Gasteiger partial charge in [-0.1, -0.05) is 54.2 Å². The van der Waals surface area contributed by atoms with E-state index in [9.17, 15) is 18.0 Å². The lowest BCUT2D eigenvalue weighted by molar-refractivity contribution is -0.137. The maximum Gasteiger partial charge on any atom is 0.416 e. The van der Waals surface area contributed by atoms with Crippen molar-refractivity contribution in [3.8, 4) is 22.8 Å². The first-order chi connectivity index (χ1) is 17.3. The third-order valence-corrected chi connectivity index (χ3v) is 5.90. The molecule has 0 unspecified atom stereocenters. The molecule has 1 amide bonds. The van der Waals surface area contributed by atoms with Crippen molar-refractivity contribution in [1.82, 2.24) is 20.2 Å². The molecule has 0 saturated heterocycles. The van der Waals surface area contributed by atoms with Crippen molar-refractivity contribution in [3.63, 3.8) is 0 Å². The van der Waals surface area contributed by atoms with Crippen LogP contribution >= 0.6 is 11.8 Å². The molecule has 4 aromatic rings. The van der Waals surface area contributed by atoms with Crippen LogP contribution < -0.4 is 10.2 Å². The molecule has 0 bridgehead atoms. The Morgan fingerprint density at radius 1 is 1.03 bits per heavy atom. The molecule has 7 nitrogen and oxygen atoms in total. The molecule has 0 fully saturated rings. The van der Waals surface area contributed by atoms with Gasteiger partial charge < -0.3 is 4.74 Å². The lowest BCUT2D eigenvalue weighted by Gasteiger charge is -2.11. The van der Waals surface area contributed by atoms with Gasteiger partial charge in [-0.15, -0.1) is 10.2 Å². The van der Waals surface area contributed by atoms with Crippen LogP contribution in [0.2, 0.25) is 0 Å². The second-order valence-electron chi connectivity index (χ2n) is 7.41. The molecule has 3 aromatic carbocycles. The first-order valence-electron chi connectivity index (χ1n) is 10.6. The summed E-state index contributed by atoms with van der Waals surface area (Å²) < 4.78 is 45.1. The summed E-state index contributed by atoms with van der Waals surface area (Å²) in [5.74, 6) is 0.901.